The molecule has 5 rings (SSSR count). The summed E-state index contributed by atoms with van der Waals surface area (Å²) < 4.78 is 50.8. The van der Waals surface area contributed by atoms with Crippen molar-refractivity contribution >= 4 is 11.9 Å². The maximum atomic E-state index is 13.6. The molecule has 2 N–H and O–H groups in total. The first-order valence-electron chi connectivity index (χ1n) is 12.3. The summed E-state index contributed by atoms with van der Waals surface area (Å²) in [5, 5.41) is 10.5. The minimum Gasteiger partial charge on any atom is -0.475 e. The van der Waals surface area contributed by atoms with E-state index in [4.69, 9.17) is 14.6 Å². The van der Waals surface area contributed by atoms with E-state index in [0.717, 1.165) is 51.3 Å². The van der Waals surface area contributed by atoms with Gasteiger partial charge in [0.1, 0.15) is 5.82 Å². The largest absolute Gasteiger partial charge is 0.490 e. The Morgan fingerprint density at radius 3 is 2.35 bits per heavy atom. The zero-order valence-electron chi connectivity index (χ0n) is 20.2. The number of ether oxygens (including phenoxy) is 1. The lowest BCUT2D eigenvalue weighted by atomic mass is 9.93. The summed E-state index contributed by atoms with van der Waals surface area (Å²) in [5.41, 5.74) is 3.64. The number of nitrogens with zero attached hydrogens (tertiary/aromatic N) is 1. The van der Waals surface area contributed by atoms with Crippen molar-refractivity contribution in [1.29, 1.82) is 0 Å². The molecule has 3 atom stereocenters. The van der Waals surface area contributed by atoms with Crippen molar-refractivity contribution in [3.8, 4) is 0 Å². The van der Waals surface area contributed by atoms with E-state index in [9.17, 15) is 22.4 Å². The smallest absolute Gasteiger partial charge is 0.475 e. The van der Waals surface area contributed by atoms with Gasteiger partial charge in [-0.3, -0.25) is 9.69 Å². The van der Waals surface area contributed by atoms with Crippen LogP contribution >= 0.6 is 0 Å². The highest BCUT2D eigenvalue weighted by molar-refractivity contribution is 5.77. The number of carboxylic acid groups (broad SMARTS) is 1. The first-order valence-corrected chi connectivity index (χ1v) is 12.3. The van der Waals surface area contributed by atoms with Crippen LogP contribution in [0.4, 0.5) is 17.6 Å². The van der Waals surface area contributed by atoms with Crippen LogP contribution in [0.25, 0.3) is 0 Å². The highest BCUT2D eigenvalue weighted by Crippen LogP contribution is 2.49. The van der Waals surface area contributed by atoms with Gasteiger partial charge in [-0.25, -0.2) is 9.18 Å². The van der Waals surface area contributed by atoms with E-state index in [1.54, 1.807) is 12.1 Å². The normalized spacial score (nSPS) is 23.5. The first-order chi connectivity index (χ1) is 17.6. The Labute approximate surface area is 212 Å². The molecule has 0 aromatic heterocycles. The van der Waals surface area contributed by atoms with Crippen molar-refractivity contribution in [3.63, 3.8) is 0 Å². The molecule has 6 nitrogen and oxygen atoms in total. The van der Waals surface area contributed by atoms with E-state index in [-0.39, 0.29) is 17.8 Å². The fourth-order valence-corrected chi connectivity index (χ4v) is 5.60. The van der Waals surface area contributed by atoms with Gasteiger partial charge in [0.2, 0.25) is 5.91 Å². The lowest BCUT2D eigenvalue weighted by Gasteiger charge is -2.25. The fraction of sp³-hybridized carbons (Fsp3) is 0.481. The summed E-state index contributed by atoms with van der Waals surface area (Å²) in [5.74, 6) is -1.56. The molecule has 1 amide bonds. The molecule has 0 unspecified atom stereocenters. The molecule has 10 heteroatoms. The Balaban J connectivity index is 0.000000405. The average Bonchev–Trinajstić information content (AvgIpc) is 3.37. The number of hydrogen-bond donors (Lipinski definition) is 2. The average molecular weight is 523 g/mol. The third-order valence-electron chi connectivity index (χ3n) is 7.27. The maximum Gasteiger partial charge on any atom is 0.490 e. The summed E-state index contributed by atoms with van der Waals surface area (Å²) in [4.78, 5) is 24.2. The van der Waals surface area contributed by atoms with Crippen LogP contribution in [0.5, 0.6) is 0 Å². The standard InChI is InChI=1S/C25H29FN2O2.C2HF3O2/c26-19-5-3-4-18(12-19)14-28-15-22-20-6-1-2-7-21(20)25(23(22)16-28)27-24(29)13-17-8-10-30-11-9-17;3-2(4,5)1(6)7/h1-7,12,17,22-23,25H,8-11,13-16H2,(H,27,29);(H,6,7)/t22-,23-,25+;/m0./s1. The summed E-state index contributed by atoms with van der Waals surface area (Å²) in [7, 11) is 0. The second kappa shape index (κ2) is 11.6. The molecule has 0 radical (unpaired) electrons. The van der Waals surface area contributed by atoms with Crippen LogP contribution in [0.1, 0.15) is 47.9 Å². The lowest BCUT2D eigenvalue weighted by Crippen LogP contribution is -2.35. The predicted octanol–water partition coefficient (Wildman–Crippen LogP) is 4.66. The summed E-state index contributed by atoms with van der Waals surface area (Å²) >= 11 is 0. The molecule has 2 aliphatic heterocycles. The molecule has 2 heterocycles. The third kappa shape index (κ3) is 6.87. The number of carboxylic acids is 1. The van der Waals surface area contributed by atoms with Gasteiger partial charge in [0.05, 0.1) is 6.04 Å². The number of aliphatic carboxylic acids is 1. The number of hydrogen-bond acceptors (Lipinski definition) is 4. The van der Waals surface area contributed by atoms with Gasteiger partial charge in [-0.15, -0.1) is 0 Å². The molecular weight excluding hydrogens is 492 g/mol. The minimum absolute atomic E-state index is 0.0658. The molecule has 37 heavy (non-hydrogen) atoms. The number of nitrogens with one attached hydrogen (secondary N) is 1. The molecule has 0 bridgehead atoms. The van der Waals surface area contributed by atoms with Crippen LogP contribution < -0.4 is 5.32 Å². The van der Waals surface area contributed by atoms with E-state index in [0.29, 0.717) is 24.2 Å². The molecule has 2 aromatic carbocycles. The van der Waals surface area contributed by atoms with Gasteiger partial charge in [0.15, 0.2) is 0 Å². The van der Waals surface area contributed by atoms with Gasteiger partial charge in [0.25, 0.3) is 0 Å². The van der Waals surface area contributed by atoms with Gasteiger partial charge in [-0.1, -0.05) is 36.4 Å². The minimum atomic E-state index is -5.08. The van der Waals surface area contributed by atoms with E-state index >= 15 is 0 Å². The first kappa shape index (κ1) is 27.1. The lowest BCUT2D eigenvalue weighted by molar-refractivity contribution is -0.192. The van der Waals surface area contributed by atoms with Crippen LogP contribution in [0.2, 0.25) is 0 Å². The maximum absolute atomic E-state index is 13.6. The second-order valence-corrected chi connectivity index (χ2v) is 9.83. The van der Waals surface area contributed by atoms with Crippen molar-refractivity contribution in [2.24, 2.45) is 11.8 Å². The summed E-state index contributed by atoms with van der Waals surface area (Å²) in [6.07, 6.45) is -2.54. The van der Waals surface area contributed by atoms with Crippen LogP contribution in [0.15, 0.2) is 48.5 Å². The molecule has 0 spiro atoms. The van der Waals surface area contributed by atoms with Crippen LogP contribution in [-0.4, -0.2) is 54.4 Å². The fourth-order valence-electron chi connectivity index (χ4n) is 5.60. The van der Waals surface area contributed by atoms with Crippen molar-refractivity contribution in [3.05, 3.63) is 71.0 Å². The molecule has 2 aromatic rings. The van der Waals surface area contributed by atoms with Crippen molar-refractivity contribution < 1.29 is 37.0 Å². The Bertz CT molecular complexity index is 1100. The van der Waals surface area contributed by atoms with Crippen molar-refractivity contribution in [2.45, 2.75) is 43.9 Å². The van der Waals surface area contributed by atoms with E-state index in [2.05, 4.69) is 34.5 Å². The molecule has 1 aliphatic carbocycles. The number of amides is 1. The van der Waals surface area contributed by atoms with Crippen molar-refractivity contribution in [2.75, 3.05) is 26.3 Å². The monoisotopic (exact) mass is 522 g/mol. The predicted molar refractivity (Wildman–Crippen MR) is 127 cm³/mol. The number of halogens is 4. The Morgan fingerprint density at radius 2 is 1.70 bits per heavy atom. The molecule has 0 saturated carbocycles. The molecule has 2 fully saturated rings. The number of alkyl halides is 3. The molecule has 200 valence electrons. The SMILES string of the molecule is O=C(CC1CCOCC1)N[C@@H]1c2ccccc2[C@@H]2CN(Cc3cccc(F)c3)C[C@H]12.O=C(O)C(F)(F)F. The Morgan fingerprint density at radius 1 is 1.03 bits per heavy atom. The number of carbonyl (C=O) groups is 2. The highest BCUT2D eigenvalue weighted by Gasteiger charge is 2.46. The third-order valence-corrected chi connectivity index (χ3v) is 7.27. The van der Waals surface area contributed by atoms with Gasteiger partial charge in [-0.2, -0.15) is 13.2 Å². The van der Waals surface area contributed by atoms with Gasteiger partial charge in [-0.05, 0) is 47.6 Å². The zero-order valence-corrected chi connectivity index (χ0v) is 20.2. The Hall–Kier alpha value is -2.98. The number of fused-ring (bicyclic) bond motifs is 3. The Kier molecular flexibility index (Phi) is 8.49. The van der Waals surface area contributed by atoms with Gasteiger partial charge >= 0.3 is 12.1 Å². The zero-order chi connectivity index (χ0) is 26.6. The highest BCUT2D eigenvalue weighted by atomic mass is 19.4. The summed E-state index contributed by atoms with van der Waals surface area (Å²) in [6.45, 7) is 4.15. The molecule has 3 aliphatic rings. The van der Waals surface area contributed by atoms with Crippen LogP contribution in [-0.2, 0) is 20.9 Å². The number of carbonyl (C=O) groups excluding carboxylic acids is 1. The number of likely N-dealkylation sites (tertiary alicyclic amines) is 1. The van der Waals surface area contributed by atoms with E-state index in [1.807, 2.05) is 6.07 Å². The van der Waals surface area contributed by atoms with E-state index < -0.39 is 12.1 Å². The van der Waals surface area contributed by atoms with E-state index in [1.165, 1.54) is 17.2 Å². The van der Waals surface area contributed by atoms with Crippen LogP contribution in [0.3, 0.4) is 0 Å². The number of rotatable bonds is 5. The molecule has 2 saturated heterocycles. The van der Waals surface area contributed by atoms with Crippen LogP contribution in [0, 0.1) is 17.7 Å². The van der Waals surface area contributed by atoms with Crippen molar-refractivity contribution in [1.82, 2.24) is 10.2 Å². The van der Waals surface area contributed by atoms with Gasteiger partial charge < -0.3 is 15.2 Å². The second-order valence-electron chi connectivity index (χ2n) is 9.83. The molecular formula is C27H30F4N2O4. The summed E-state index contributed by atoms with van der Waals surface area (Å²) in [6, 6.07) is 15.5. The topological polar surface area (TPSA) is 78.9 Å². The van der Waals surface area contributed by atoms with Gasteiger partial charge in [0, 0.05) is 51.1 Å². The number of benzene rings is 2. The quantitative estimate of drug-likeness (QED) is 0.559.